The molecule has 1 fully saturated rings. The van der Waals surface area contributed by atoms with E-state index < -0.39 is 0 Å². The van der Waals surface area contributed by atoms with Gasteiger partial charge in [0.2, 0.25) is 0 Å². The molecule has 3 rings (SSSR count). The van der Waals surface area contributed by atoms with Crippen LogP contribution in [0.4, 0.5) is 0 Å². The predicted molar refractivity (Wildman–Crippen MR) is 74.9 cm³/mol. The third-order valence-electron chi connectivity index (χ3n) is 3.27. The van der Waals surface area contributed by atoms with Crippen LogP contribution in [-0.4, -0.2) is 15.0 Å². The van der Waals surface area contributed by atoms with Gasteiger partial charge in [0.05, 0.1) is 5.69 Å². The molecule has 94 valence electrons. The zero-order chi connectivity index (χ0) is 12.5. The monoisotopic (exact) mass is 325 g/mol. The van der Waals surface area contributed by atoms with Crippen LogP contribution in [0.25, 0.3) is 10.8 Å². The molecule has 2 heterocycles. The Kier molecular flexibility index (Phi) is 3.30. The van der Waals surface area contributed by atoms with E-state index in [0.29, 0.717) is 16.2 Å². The Hall–Kier alpha value is -1.01. The van der Waals surface area contributed by atoms with E-state index in [9.17, 15) is 4.79 Å². The molecule has 18 heavy (non-hydrogen) atoms. The largest absolute Gasteiger partial charge is 0.304 e. The zero-order valence-corrected chi connectivity index (χ0v) is 12.1. The summed E-state index contributed by atoms with van der Waals surface area (Å²) in [7, 11) is 0. The van der Waals surface area contributed by atoms with Crippen LogP contribution in [0.2, 0.25) is 0 Å². The number of nitrogens with zero attached hydrogens (tertiary/aromatic N) is 2. The molecular formula is C12H12BrN3OS. The first kappa shape index (κ1) is 12.0. The van der Waals surface area contributed by atoms with Crippen LogP contribution in [0, 0.1) is 0 Å². The third-order valence-corrected chi connectivity index (χ3v) is 4.81. The van der Waals surface area contributed by atoms with Crippen molar-refractivity contribution in [3.8, 4) is 10.8 Å². The summed E-state index contributed by atoms with van der Waals surface area (Å²) < 4.78 is 0.578. The van der Waals surface area contributed by atoms with E-state index in [2.05, 4.69) is 30.9 Å². The van der Waals surface area contributed by atoms with Crippen LogP contribution in [0.15, 0.2) is 20.8 Å². The summed E-state index contributed by atoms with van der Waals surface area (Å²) in [4.78, 5) is 23.5. The molecule has 0 radical (unpaired) electrons. The lowest BCUT2D eigenvalue weighted by Gasteiger charge is -2.11. The average molecular weight is 326 g/mol. The number of H-pyrrole nitrogens is 1. The minimum atomic E-state index is -0.114. The molecule has 0 aliphatic heterocycles. The Balaban J connectivity index is 2.10. The first-order valence-corrected chi connectivity index (χ1v) is 7.62. The average Bonchev–Trinajstić information content (AvgIpc) is 3.03. The number of rotatable bonds is 2. The maximum absolute atomic E-state index is 11.9. The summed E-state index contributed by atoms with van der Waals surface area (Å²) >= 11 is 4.85. The molecule has 6 heteroatoms. The summed E-state index contributed by atoms with van der Waals surface area (Å²) in [6, 6.07) is 0. The lowest BCUT2D eigenvalue weighted by atomic mass is 10.0. The summed E-state index contributed by atoms with van der Waals surface area (Å²) in [5.41, 5.74) is 0.776. The normalized spacial score (nSPS) is 16.3. The van der Waals surface area contributed by atoms with Crippen molar-refractivity contribution in [3.05, 3.63) is 32.1 Å². The Morgan fingerprint density at radius 3 is 2.83 bits per heavy atom. The highest BCUT2D eigenvalue weighted by molar-refractivity contribution is 9.10. The highest BCUT2D eigenvalue weighted by atomic mass is 79.9. The second-order valence-electron chi connectivity index (χ2n) is 4.43. The molecule has 0 spiro atoms. The van der Waals surface area contributed by atoms with Gasteiger partial charge in [-0.25, -0.2) is 9.97 Å². The zero-order valence-electron chi connectivity index (χ0n) is 9.65. The minimum Gasteiger partial charge on any atom is -0.304 e. The molecule has 1 aliphatic rings. The van der Waals surface area contributed by atoms with Crippen molar-refractivity contribution in [1.82, 2.24) is 15.0 Å². The Morgan fingerprint density at radius 1 is 1.39 bits per heavy atom. The summed E-state index contributed by atoms with van der Waals surface area (Å²) in [5.74, 6) is 0.987. The second kappa shape index (κ2) is 4.93. The van der Waals surface area contributed by atoms with Gasteiger partial charge >= 0.3 is 0 Å². The molecule has 1 saturated carbocycles. The molecule has 0 amide bonds. The van der Waals surface area contributed by atoms with Crippen LogP contribution in [0.3, 0.4) is 0 Å². The number of hydrogen-bond donors (Lipinski definition) is 1. The molecule has 0 saturated heterocycles. The summed E-state index contributed by atoms with van der Waals surface area (Å²) in [5, 5.41) is 2.64. The number of hydrogen-bond acceptors (Lipinski definition) is 4. The molecule has 0 unspecified atom stereocenters. The van der Waals surface area contributed by atoms with E-state index in [1.807, 2.05) is 5.38 Å². The quantitative estimate of drug-likeness (QED) is 0.921. The van der Waals surface area contributed by atoms with Crippen LogP contribution < -0.4 is 5.56 Å². The molecule has 0 aromatic carbocycles. The summed E-state index contributed by atoms with van der Waals surface area (Å²) in [6.45, 7) is 0. The molecule has 1 N–H and O–H groups in total. The maximum Gasteiger partial charge on any atom is 0.265 e. The van der Waals surface area contributed by atoms with Gasteiger partial charge in [-0.05, 0) is 28.8 Å². The van der Waals surface area contributed by atoms with Gasteiger partial charge in [-0.3, -0.25) is 4.79 Å². The third kappa shape index (κ3) is 2.14. The predicted octanol–water partition coefficient (Wildman–Crippen LogP) is 3.31. The lowest BCUT2D eigenvalue weighted by Crippen LogP contribution is -2.15. The molecule has 2 aromatic rings. The Bertz CT molecular complexity index is 602. The van der Waals surface area contributed by atoms with Crippen molar-refractivity contribution >= 4 is 27.3 Å². The molecule has 0 atom stereocenters. The van der Waals surface area contributed by atoms with Gasteiger partial charge < -0.3 is 4.98 Å². The number of halogens is 1. The number of aromatic amines is 1. The van der Waals surface area contributed by atoms with Gasteiger partial charge in [0.25, 0.3) is 5.56 Å². The van der Waals surface area contributed by atoms with Gasteiger partial charge in [-0.2, -0.15) is 0 Å². The van der Waals surface area contributed by atoms with Crippen molar-refractivity contribution in [3.63, 3.8) is 0 Å². The Labute approximate surface area is 117 Å². The van der Waals surface area contributed by atoms with Crippen LogP contribution in [-0.2, 0) is 0 Å². The fraction of sp³-hybridized carbons (Fsp3) is 0.417. The van der Waals surface area contributed by atoms with Crippen molar-refractivity contribution in [1.29, 1.82) is 0 Å². The maximum atomic E-state index is 11.9. The molecule has 0 bridgehead atoms. The number of thiazole rings is 1. The van der Waals surface area contributed by atoms with Gasteiger partial charge in [0.15, 0.2) is 10.8 Å². The van der Waals surface area contributed by atoms with Crippen molar-refractivity contribution in [2.75, 3.05) is 0 Å². The van der Waals surface area contributed by atoms with Crippen LogP contribution >= 0.6 is 27.3 Å². The van der Waals surface area contributed by atoms with Gasteiger partial charge in [-0.15, -0.1) is 11.3 Å². The summed E-state index contributed by atoms with van der Waals surface area (Å²) in [6.07, 6.45) is 6.40. The van der Waals surface area contributed by atoms with E-state index in [1.54, 1.807) is 6.20 Å². The van der Waals surface area contributed by atoms with E-state index in [4.69, 9.17) is 0 Å². The minimum absolute atomic E-state index is 0.114. The first-order chi connectivity index (χ1) is 8.75. The molecular weight excluding hydrogens is 314 g/mol. The van der Waals surface area contributed by atoms with Crippen molar-refractivity contribution in [2.24, 2.45) is 0 Å². The van der Waals surface area contributed by atoms with E-state index in [-0.39, 0.29) is 5.56 Å². The van der Waals surface area contributed by atoms with Crippen molar-refractivity contribution < 1.29 is 0 Å². The van der Waals surface area contributed by atoms with Crippen molar-refractivity contribution in [2.45, 2.75) is 31.6 Å². The molecule has 1 aliphatic carbocycles. The van der Waals surface area contributed by atoms with E-state index in [1.165, 1.54) is 24.2 Å². The smallest absolute Gasteiger partial charge is 0.265 e. The van der Waals surface area contributed by atoms with Gasteiger partial charge in [-0.1, -0.05) is 12.8 Å². The lowest BCUT2D eigenvalue weighted by molar-refractivity contribution is 0.688. The van der Waals surface area contributed by atoms with E-state index in [0.717, 1.165) is 23.5 Å². The highest BCUT2D eigenvalue weighted by Crippen LogP contribution is 2.36. The van der Waals surface area contributed by atoms with Gasteiger partial charge in [0, 0.05) is 17.5 Å². The second-order valence-corrected chi connectivity index (χ2v) is 6.12. The first-order valence-electron chi connectivity index (χ1n) is 5.95. The number of aromatic nitrogens is 3. The van der Waals surface area contributed by atoms with Crippen LogP contribution in [0.1, 0.15) is 37.3 Å². The van der Waals surface area contributed by atoms with E-state index >= 15 is 0 Å². The number of nitrogens with one attached hydrogen (secondary N) is 1. The standard InChI is InChI=1S/C12H12BrN3OS/c13-8-9(7-3-1-2-4-7)15-10(16-11(8)17)12-14-5-6-18-12/h5-7H,1-4H2,(H,15,16,17). The fourth-order valence-corrected chi connectivity index (χ4v) is 3.48. The SMILES string of the molecule is O=c1[nH]c(-c2nccs2)nc(C2CCCC2)c1Br. The fourth-order valence-electron chi connectivity index (χ4n) is 2.39. The van der Waals surface area contributed by atoms with Gasteiger partial charge in [0.1, 0.15) is 4.47 Å². The highest BCUT2D eigenvalue weighted by Gasteiger charge is 2.23. The molecule has 4 nitrogen and oxygen atoms in total. The Morgan fingerprint density at radius 2 is 2.17 bits per heavy atom. The molecule has 2 aromatic heterocycles. The van der Waals surface area contributed by atoms with Crippen LogP contribution in [0.5, 0.6) is 0 Å². The topological polar surface area (TPSA) is 58.6 Å².